The number of nitrogens with one attached hydrogen (secondary N) is 1. The van der Waals surface area contributed by atoms with E-state index in [0.717, 1.165) is 30.9 Å². The summed E-state index contributed by atoms with van der Waals surface area (Å²) in [5.41, 5.74) is 3.15. The Bertz CT molecular complexity index is 1210. The third-order valence-corrected chi connectivity index (χ3v) is 6.48. The molecule has 2 aromatic heterocycles. The largest absolute Gasteiger partial charge is 0.481 e. The van der Waals surface area contributed by atoms with Crippen molar-refractivity contribution >= 4 is 40.9 Å². The van der Waals surface area contributed by atoms with Crippen molar-refractivity contribution in [2.45, 2.75) is 45.2 Å². The molecular weight excluding hydrogens is 489 g/mol. The Hall–Kier alpha value is -3.10. The van der Waals surface area contributed by atoms with Gasteiger partial charge in [-0.15, -0.1) is 0 Å². The number of hydrogen-bond donors (Lipinski definition) is 2. The first-order valence-corrected chi connectivity index (χ1v) is 12.3. The predicted octanol–water partition coefficient (Wildman–Crippen LogP) is 4.86. The number of rotatable bonds is 9. The molecule has 0 radical (unpaired) electrons. The number of amides is 1. The number of aryl methyl sites for hydroxylation is 3. The van der Waals surface area contributed by atoms with Crippen LogP contribution in [0.2, 0.25) is 10.0 Å². The Kier molecular flexibility index (Phi) is 7.93. The second-order valence-electron chi connectivity index (χ2n) is 8.49. The monoisotopic (exact) mass is 515 g/mol. The lowest BCUT2D eigenvalue weighted by molar-refractivity contribution is -0.138. The number of anilines is 1. The van der Waals surface area contributed by atoms with Gasteiger partial charge in [-0.1, -0.05) is 29.3 Å². The van der Waals surface area contributed by atoms with Crippen LogP contribution < -0.4 is 5.32 Å². The van der Waals surface area contributed by atoms with Gasteiger partial charge in [0.25, 0.3) is 5.91 Å². The molecule has 8 nitrogen and oxygen atoms in total. The number of pyridine rings is 1. The molecule has 3 aromatic rings. The predicted molar refractivity (Wildman–Crippen MR) is 135 cm³/mol. The Morgan fingerprint density at radius 1 is 1.23 bits per heavy atom. The van der Waals surface area contributed by atoms with Crippen molar-refractivity contribution in [1.82, 2.24) is 19.7 Å². The van der Waals surface area contributed by atoms with Crippen molar-refractivity contribution in [3.05, 3.63) is 75.2 Å². The number of benzene rings is 1. The van der Waals surface area contributed by atoms with E-state index in [0.29, 0.717) is 40.7 Å². The fourth-order valence-electron chi connectivity index (χ4n) is 4.35. The summed E-state index contributed by atoms with van der Waals surface area (Å²) in [6, 6.07) is 8.28. The van der Waals surface area contributed by atoms with Crippen LogP contribution in [0.4, 0.5) is 5.82 Å². The minimum Gasteiger partial charge on any atom is -0.481 e. The Morgan fingerprint density at radius 3 is 2.71 bits per heavy atom. The van der Waals surface area contributed by atoms with Crippen LogP contribution >= 0.6 is 23.2 Å². The standard InChI is InChI=1S/C25H27Cl2N5O3/c1-2-32(22(13-23(33)34)17-10-19(26)12-20(27)11-17)25(35)18-14-29-31(15-18)9-7-21-6-5-16-4-3-8-28-24(16)30-21/h5-6,10-12,14-15,22H,2-4,7-9,13H2,1H3,(H,28,30)(H,33,34). The molecule has 1 aromatic carbocycles. The maximum Gasteiger partial charge on any atom is 0.305 e. The van der Waals surface area contributed by atoms with Gasteiger partial charge in [0.15, 0.2) is 0 Å². The summed E-state index contributed by atoms with van der Waals surface area (Å²) in [5, 5.41) is 18.0. The van der Waals surface area contributed by atoms with E-state index in [1.54, 1.807) is 36.0 Å². The van der Waals surface area contributed by atoms with Crippen LogP contribution in [0.3, 0.4) is 0 Å². The van der Waals surface area contributed by atoms with Crippen LogP contribution in [0.15, 0.2) is 42.7 Å². The molecular formula is C25H27Cl2N5O3. The van der Waals surface area contributed by atoms with Gasteiger partial charge >= 0.3 is 5.97 Å². The molecule has 35 heavy (non-hydrogen) atoms. The Labute approximate surface area is 213 Å². The molecule has 1 atom stereocenters. The summed E-state index contributed by atoms with van der Waals surface area (Å²) >= 11 is 12.3. The maximum atomic E-state index is 13.4. The molecule has 2 N–H and O–H groups in total. The first-order chi connectivity index (χ1) is 16.8. The highest BCUT2D eigenvalue weighted by atomic mass is 35.5. The van der Waals surface area contributed by atoms with E-state index in [4.69, 9.17) is 28.2 Å². The first kappa shape index (κ1) is 25.0. The fraction of sp³-hybridized carbons (Fsp3) is 0.360. The zero-order valence-corrected chi connectivity index (χ0v) is 20.9. The number of carboxylic acids is 1. The highest BCUT2D eigenvalue weighted by molar-refractivity contribution is 6.34. The van der Waals surface area contributed by atoms with E-state index in [2.05, 4.69) is 16.5 Å². The number of hydrogen-bond acceptors (Lipinski definition) is 5. The third kappa shape index (κ3) is 6.13. The summed E-state index contributed by atoms with van der Waals surface area (Å²) < 4.78 is 1.71. The maximum absolute atomic E-state index is 13.4. The topological polar surface area (TPSA) is 100 Å². The van der Waals surface area contributed by atoms with E-state index in [9.17, 15) is 14.7 Å². The van der Waals surface area contributed by atoms with Crippen LogP contribution in [-0.2, 0) is 24.2 Å². The quantitative estimate of drug-likeness (QED) is 0.421. The van der Waals surface area contributed by atoms with Crippen LogP contribution in [-0.4, -0.2) is 49.7 Å². The number of fused-ring (bicyclic) bond motifs is 1. The zero-order valence-electron chi connectivity index (χ0n) is 19.4. The highest BCUT2D eigenvalue weighted by Gasteiger charge is 2.28. The number of nitrogens with zero attached hydrogens (tertiary/aromatic N) is 4. The van der Waals surface area contributed by atoms with Gasteiger partial charge in [-0.05, 0) is 55.2 Å². The Balaban J connectivity index is 1.49. The van der Waals surface area contributed by atoms with Gasteiger partial charge in [-0.3, -0.25) is 14.3 Å². The molecule has 0 fully saturated rings. The van der Waals surface area contributed by atoms with Crippen molar-refractivity contribution in [2.24, 2.45) is 0 Å². The number of carboxylic acid groups (broad SMARTS) is 1. The van der Waals surface area contributed by atoms with E-state index in [1.165, 1.54) is 16.7 Å². The molecule has 1 amide bonds. The van der Waals surface area contributed by atoms with Crippen LogP contribution in [0.1, 0.15) is 53.0 Å². The molecule has 0 saturated heterocycles. The Morgan fingerprint density at radius 2 is 2.00 bits per heavy atom. The van der Waals surface area contributed by atoms with Crippen molar-refractivity contribution in [1.29, 1.82) is 0 Å². The third-order valence-electron chi connectivity index (χ3n) is 6.04. The van der Waals surface area contributed by atoms with Gasteiger partial charge in [0, 0.05) is 48.0 Å². The lowest BCUT2D eigenvalue weighted by atomic mass is 10.0. The van der Waals surface area contributed by atoms with Gasteiger partial charge in [-0.2, -0.15) is 5.10 Å². The second-order valence-corrected chi connectivity index (χ2v) is 9.36. The molecule has 3 heterocycles. The summed E-state index contributed by atoms with van der Waals surface area (Å²) in [4.78, 5) is 31.2. The molecule has 1 unspecified atom stereocenters. The average Bonchev–Trinajstić information content (AvgIpc) is 3.30. The number of halogens is 2. The van der Waals surface area contributed by atoms with E-state index in [-0.39, 0.29) is 12.3 Å². The number of aliphatic carboxylic acids is 1. The molecule has 0 spiro atoms. The van der Waals surface area contributed by atoms with Crippen LogP contribution in [0, 0.1) is 0 Å². The minimum absolute atomic E-state index is 0.275. The lowest BCUT2D eigenvalue weighted by Crippen LogP contribution is -2.36. The highest BCUT2D eigenvalue weighted by Crippen LogP contribution is 2.31. The lowest BCUT2D eigenvalue weighted by Gasteiger charge is -2.30. The van der Waals surface area contributed by atoms with E-state index < -0.39 is 12.0 Å². The molecule has 10 heteroatoms. The summed E-state index contributed by atoms with van der Waals surface area (Å²) in [6.07, 6.45) is 5.75. The first-order valence-electron chi connectivity index (χ1n) is 11.6. The molecule has 0 bridgehead atoms. The van der Waals surface area contributed by atoms with Gasteiger partial charge in [0.05, 0.1) is 24.2 Å². The SMILES string of the molecule is CCN(C(=O)c1cnn(CCc2ccc3c(n2)NCCC3)c1)C(CC(=O)O)c1cc(Cl)cc(Cl)c1. The van der Waals surface area contributed by atoms with E-state index >= 15 is 0 Å². The van der Waals surface area contributed by atoms with Gasteiger partial charge in [-0.25, -0.2) is 4.98 Å². The number of carbonyl (C=O) groups excluding carboxylic acids is 1. The zero-order chi connectivity index (χ0) is 24.9. The van der Waals surface area contributed by atoms with Crippen molar-refractivity contribution in [3.8, 4) is 0 Å². The molecule has 0 saturated carbocycles. The van der Waals surface area contributed by atoms with Crippen molar-refractivity contribution < 1.29 is 14.7 Å². The molecule has 1 aliphatic heterocycles. The summed E-state index contributed by atoms with van der Waals surface area (Å²) in [6.45, 7) is 3.61. The fourth-order valence-corrected chi connectivity index (χ4v) is 4.89. The van der Waals surface area contributed by atoms with Crippen molar-refractivity contribution in [2.75, 3.05) is 18.4 Å². The van der Waals surface area contributed by atoms with Crippen LogP contribution in [0.5, 0.6) is 0 Å². The summed E-state index contributed by atoms with van der Waals surface area (Å²) in [5.74, 6) is -0.383. The molecule has 4 rings (SSSR count). The van der Waals surface area contributed by atoms with Gasteiger partial charge in [0.1, 0.15) is 5.82 Å². The normalized spacial score (nSPS) is 13.6. The molecule has 1 aliphatic rings. The average molecular weight is 516 g/mol. The van der Waals surface area contributed by atoms with E-state index in [1.807, 2.05) is 6.07 Å². The van der Waals surface area contributed by atoms with Gasteiger partial charge in [0.2, 0.25) is 0 Å². The van der Waals surface area contributed by atoms with Crippen molar-refractivity contribution in [3.63, 3.8) is 0 Å². The second kappa shape index (κ2) is 11.1. The number of aromatic nitrogens is 3. The summed E-state index contributed by atoms with van der Waals surface area (Å²) in [7, 11) is 0. The number of carbonyl (C=O) groups is 2. The van der Waals surface area contributed by atoms with Crippen LogP contribution in [0.25, 0.3) is 0 Å². The van der Waals surface area contributed by atoms with Gasteiger partial charge < -0.3 is 15.3 Å². The smallest absolute Gasteiger partial charge is 0.305 e. The molecule has 0 aliphatic carbocycles. The minimum atomic E-state index is -1.03. The molecule has 184 valence electrons.